The maximum Gasteiger partial charge on any atom is 0.330 e. The van der Waals surface area contributed by atoms with E-state index in [-0.39, 0.29) is 12.2 Å². The molecule has 0 radical (unpaired) electrons. The average Bonchev–Trinajstić information content (AvgIpc) is 3.34. The first-order valence-electron chi connectivity index (χ1n) is 13.5. The van der Waals surface area contributed by atoms with E-state index in [0.29, 0.717) is 11.5 Å². The molecular weight excluding hydrogens is 554 g/mol. The van der Waals surface area contributed by atoms with Crippen molar-refractivity contribution < 1.29 is 24.1 Å². The van der Waals surface area contributed by atoms with Crippen LogP contribution in [-0.4, -0.2) is 53.7 Å². The van der Waals surface area contributed by atoms with Crippen LogP contribution in [0.25, 0.3) is 10.4 Å². The van der Waals surface area contributed by atoms with E-state index in [9.17, 15) is 20.2 Å². The molecule has 12 nitrogen and oxygen atoms in total. The molecule has 0 amide bonds. The molecule has 1 aliphatic rings. The minimum absolute atomic E-state index is 0.168. The van der Waals surface area contributed by atoms with E-state index in [1.54, 1.807) is 14.2 Å². The Morgan fingerprint density at radius 3 is 2.05 bits per heavy atom. The standard InChI is InChI=1S/C31H31N5O7/c1-19-17-36(30(39)33-28(19)38)29-26(34-35-32)27(37)25(43-29)18-42-31(20-7-5-4-6-8-20,21-9-13-23(40-2)14-10-21)22-11-15-24(41-3)16-12-22/h4-17,25-27,29,37H,18H2,1-3H3,(H,33,38,39)/t25-,26+,27?,29-/m1/s1. The van der Waals surface area contributed by atoms with Crippen LogP contribution in [0.15, 0.2) is 99.8 Å². The molecule has 1 aromatic heterocycles. The van der Waals surface area contributed by atoms with Gasteiger partial charge in [0.1, 0.15) is 35.5 Å². The molecular formula is C31H31N5O7. The van der Waals surface area contributed by atoms with Crippen molar-refractivity contribution in [3.05, 3.63) is 139 Å². The maximum absolute atomic E-state index is 12.7. The van der Waals surface area contributed by atoms with E-state index < -0.39 is 41.3 Å². The van der Waals surface area contributed by atoms with E-state index in [1.807, 2.05) is 78.9 Å². The van der Waals surface area contributed by atoms with Crippen LogP contribution in [0.5, 0.6) is 11.5 Å². The molecule has 1 saturated heterocycles. The smallest absolute Gasteiger partial charge is 0.330 e. The highest BCUT2D eigenvalue weighted by atomic mass is 16.6. The van der Waals surface area contributed by atoms with E-state index in [2.05, 4.69) is 15.0 Å². The number of benzene rings is 3. The fourth-order valence-electron chi connectivity index (χ4n) is 5.34. The first-order chi connectivity index (χ1) is 20.8. The Morgan fingerprint density at radius 2 is 1.51 bits per heavy atom. The Morgan fingerprint density at radius 1 is 0.953 bits per heavy atom. The van der Waals surface area contributed by atoms with Crippen LogP contribution >= 0.6 is 0 Å². The Kier molecular flexibility index (Phi) is 8.65. The summed E-state index contributed by atoms with van der Waals surface area (Å²) in [4.78, 5) is 29.7. The third-order valence-corrected chi connectivity index (χ3v) is 7.58. The molecule has 4 aromatic rings. The summed E-state index contributed by atoms with van der Waals surface area (Å²) in [5, 5.41) is 15.0. The highest BCUT2D eigenvalue weighted by Crippen LogP contribution is 2.43. The van der Waals surface area contributed by atoms with E-state index in [1.165, 1.54) is 13.1 Å². The molecule has 0 spiro atoms. The minimum Gasteiger partial charge on any atom is -0.497 e. The van der Waals surface area contributed by atoms with Gasteiger partial charge in [0.05, 0.1) is 26.9 Å². The second kappa shape index (κ2) is 12.6. The van der Waals surface area contributed by atoms with E-state index in [0.717, 1.165) is 21.3 Å². The average molecular weight is 586 g/mol. The Hall–Kier alpha value is -4.87. The van der Waals surface area contributed by atoms with Crippen LogP contribution in [0.3, 0.4) is 0 Å². The zero-order valence-electron chi connectivity index (χ0n) is 23.8. The number of hydrogen-bond acceptors (Lipinski definition) is 8. The zero-order chi connectivity index (χ0) is 30.6. The molecule has 2 heterocycles. The Balaban J connectivity index is 1.59. The van der Waals surface area contributed by atoms with Crippen molar-refractivity contribution in [2.75, 3.05) is 20.8 Å². The number of aryl methyl sites for hydroxylation is 1. The number of H-pyrrole nitrogens is 1. The van der Waals surface area contributed by atoms with Crippen molar-refractivity contribution >= 4 is 0 Å². The highest BCUT2D eigenvalue weighted by Gasteiger charge is 2.47. The number of aliphatic hydroxyl groups is 1. The quantitative estimate of drug-likeness (QED) is 0.124. The molecule has 0 saturated carbocycles. The number of ether oxygens (including phenoxy) is 4. The predicted molar refractivity (Wildman–Crippen MR) is 157 cm³/mol. The van der Waals surface area contributed by atoms with Gasteiger partial charge in [-0.2, -0.15) is 0 Å². The van der Waals surface area contributed by atoms with Gasteiger partial charge in [-0.3, -0.25) is 14.3 Å². The van der Waals surface area contributed by atoms with Crippen LogP contribution in [-0.2, 0) is 15.1 Å². The van der Waals surface area contributed by atoms with Crippen LogP contribution < -0.4 is 20.7 Å². The summed E-state index contributed by atoms with van der Waals surface area (Å²) in [6, 6.07) is 23.3. The minimum atomic E-state index is -1.33. The topological polar surface area (TPSA) is 161 Å². The molecule has 1 fully saturated rings. The number of methoxy groups -OCH3 is 2. The van der Waals surface area contributed by atoms with E-state index in [4.69, 9.17) is 18.9 Å². The van der Waals surface area contributed by atoms with Crippen LogP contribution in [0.2, 0.25) is 0 Å². The van der Waals surface area contributed by atoms with Crippen molar-refractivity contribution in [2.24, 2.45) is 5.11 Å². The van der Waals surface area contributed by atoms with Crippen molar-refractivity contribution in [3.8, 4) is 11.5 Å². The number of aromatic amines is 1. The van der Waals surface area contributed by atoms with E-state index >= 15 is 0 Å². The fourth-order valence-corrected chi connectivity index (χ4v) is 5.34. The molecule has 43 heavy (non-hydrogen) atoms. The van der Waals surface area contributed by atoms with Crippen LogP contribution in [0, 0.1) is 6.92 Å². The number of aliphatic hydroxyl groups excluding tert-OH is 1. The largest absolute Gasteiger partial charge is 0.497 e. The van der Waals surface area contributed by atoms with Crippen molar-refractivity contribution in [2.45, 2.75) is 37.0 Å². The van der Waals surface area contributed by atoms with Gasteiger partial charge in [0.25, 0.3) is 5.56 Å². The molecule has 5 rings (SSSR count). The normalized spacial score (nSPS) is 19.9. The van der Waals surface area contributed by atoms with Crippen LogP contribution in [0.4, 0.5) is 0 Å². The molecule has 12 heteroatoms. The first kappa shape index (κ1) is 29.6. The monoisotopic (exact) mass is 585 g/mol. The second-order valence-electron chi connectivity index (χ2n) is 10.0. The summed E-state index contributed by atoms with van der Waals surface area (Å²) < 4.78 is 24.9. The van der Waals surface area contributed by atoms with Gasteiger partial charge in [-0.1, -0.05) is 59.7 Å². The first-order valence-corrected chi connectivity index (χ1v) is 13.5. The summed E-state index contributed by atoms with van der Waals surface area (Å²) in [7, 11) is 3.17. The molecule has 1 aliphatic heterocycles. The Labute approximate surface area is 246 Å². The van der Waals surface area contributed by atoms with Crippen molar-refractivity contribution in [3.63, 3.8) is 0 Å². The number of aromatic nitrogens is 2. The lowest BCUT2D eigenvalue weighted by Crippen LogP contribution is -2.39. The maximum atomic E-state index is 12.7. The summed E-state index contributed by atoms with van der Waals surface area (Å²) in [5.74, 6) is 1.33. The van der Waals surface area contributed by atoms with Gasteiger partial charge in [0.2, 0.25) is 0 Å². The van der Waals surface area contributed by atoms with Gasteiger partial charge < -0.3 is 24.1 Å². The lowest BCUT2D eigenvalue weighted by atomic mass is 9.80. The Bertz CT molecular complexity index is 1670. The highest BCUT2D eigenvalue weighted by molar-refractivity contribution is 5.49. The zero-order valence-corrected chi connectivity index (χ0v) is 23.8. The summed E-state index contributed by atoms with van der Waals surface area (Å²) in [6.45, 7) is 1.36. The van der Waals surface area contributed by atoms with Gasteiger partial charge >= 0.3 is 5.69 Å². The molecule has 3 aromatic carbocycles. The molecule has 4 atom stereocenters. The summed E-state index contributed by atoms with van der Waals surface area (Å²) >= 11 is 0. The molecule has 0 bridgehead atoms. The SMILES string of the molecule is COc1ccc(C(OC[C@H]2O[C@@H](n3cc(C)c(=O)[nH]c3=O)[C@@H](N=[N+]=[N-])C2O)(c2ccccc2)c2ccc(OC)cc2)cc1. The lowest BCUT2D eigenvalue weighted by Gasteiger charge is -2.37. The molecule has 2 N–H and O–H groups in total. The second-order valence-corrected chi connectivity index (χ2v) is 10.0. The predicted octanol–water partition coefficient (Wildman–Crippen LogP) is 3.81. The fraction of sp³-hybridized carbons (Fsp3) is 0.290. The van der Waals surface area contributed by atoms with Gasteiger partial charge in [-0.05, 0) is 53.4 Å². The van der Waals surface area contributed by atoms with Gasteiger partial charge in [0.15, 0.2) is 0 Å². The molecule has 222 valence electrons. The van der Waals surface area contributed by atoms with Crippen molar-refractivity contribution in [1.29, 1.82) is 0 Å². The molecule has 0 aliphatic carbocycles. The van der Waals surface area contributed by atoms with Gasteiger partial charge in [-0.25, -0.2) is 4.79 Å². The summed E-state index contributed by atoms with van der Waals surface area (Å²) in [6.07, 6.45) is -2.22. The van der Waals surface area contributed by atoms with Gasteiger partial charge in [-0.15, -0.1) is 0 Å². The number of hydrogen-bond donors (Lipinski definition) is 2. The van der Waals surface area contributed by atoms with Gasteiger partial charge in [0, 0.05) is 16.7 Å². The van der Waals surface area contributed by atoms with Crippen molar-refractivity contribution in [1.82, 2.24) is 9.55 Å². The summed E-state index contributed by atoms with van der Waals surface area (Å²) in [5.41, 5.74) is 9.33. The van der Waals surface area contributed by atoms with Crippen LogP contribution in [0.1, 0.15) is 28.5 Å². The lowest BCUT2D eigenvalue weighted by molar-refractivity contribution is -0.0945. The number of rotatable bonds is 10. The third-order valence-electron chi connectivity index (χ3n) is 7.58. The number of azide groups is 1. The number of nitrogens with zero attached hydrogens (tertiary/aromatic N) is 4. The number of nitrogens with one attached hydrogen (secondary N) is 1. The third kappa shape index (κ3) is 5.64. The molecule has 1 unspecified atom stereocenters.